The minimum atomic E-state index is -0.810. The molecule has 1 heterocycles. The summed E-state index contributed by atoms with van der Waals surface area (Å²) >= 11 is 0. The summed E-state index contributed by atoms with van der Waals surface area (Å²) in [7, 11) is 1.84. The number of aliphatic hydroxyl groups is 1. The van der Waals surface area contributed by atoms with Crippen LogP contribution in [0.25, 0.3) is 11.5 Å². The molecule has 2 aromatic rings. The number of nitrogens with zero attached hydrogens (tertiary/aromatic N) is 4. The average Bonchev–Trinajstić information content (AvgIpc) is 2.85. The largest absolute Gasteiger partial charge is 0.419 e. The molecule has 1 aromatic carbocycles. The standard InChI is InChI=1S/C14H18N4O4/c1-14(2,19)9-17(3)8-12-15-16-13(22-12)10-4-6-11(7-5-10)18(20)21/h4-7,19H,8-9H2,1-3H3. The molecule has 0 radical (unpaired) electrons. The Morgan fingerprint density at radius 2 is 1.95 bits per heavy atom. The fourth-order valence-electron chi connectivity index (χ4n) is 2.11. The van der Waals surface area contributed by atoms with Gasteiger partial charge in [0.1, 0.15) is 0 Å². The first-order chi connectivity index (χ1) is 10.2. The van der Waals surface area contributed by atoms with Crippen molar-refractivity contribution in [2.24, 2.45) is 0 Å². The molecule has 0 amide bonds. The molecule has 0 spiro atoms. The van der Waals surface area contributed by atoms with Crippen molar-refractivity contribution in [1.29, 1.82) is 0 Å². The zero-order valence-electron chi connectivity index (χ0n) is 12.7. The fourth-order valence-corrected chi connectivity index (χ4v) is 2.11. The second kappa shape index (κ2) is 6.20. The number of likely N-dealkylation sites (N-methyl/N-ethyl adjacent to an activating group) is 1. The summed E-state index contributed by atoms with van der Waals surface area (Å²) in [5.74, 6) is 0.724. The Balaban J connectivity index is 2.06. The molecule has 1 aromatic heterocycles. The van der Waals surface area contributed by atoms with Crippen LogP contribution >= 0.6 is 0 Å². The summed E-state index contributed by atoms with van der Waals surface area (Å²) in [5.41, 5.74) is -0.182. The molecular formula is C14H18N4O4. The first kappa shape index (κ1) is 16.1. The lowest BCUT2D eigenvalue weighted by Gasteiger charge is -2.23. The van der Waals surface area contributed by atoms with Gasteiger partial charge in [0.05, 0.1) is 17.1 Å². The maximum atomic E-state index is 10.6. The molecule has 0 aliphatic heterocycles. The zero-order valence-corrected chi connectivity index (χ0v) is 12.7. The molecule has 0 aliphatic carbocycles. The van der Waals surface area contributed by atoms with E-state index in [-0.39, 0.29) is 5.69 Å². The number of benzene rings is 1. The molecule has 22 heavy (non-hydrogen) atoms. The summed E-state index contributed by atoms with van der Waals surface area (Å²) in [6.45, 7) is 4.31. The SMILES string of the molecule is CN(Cc1nnc(-c2ccc([N+](=O)[O-])cc2)o1)CC(C)(C)O. The lowest BCUT2D eigenvalue weighted by molar-refractivity contribution is -0.384. The van der Waals surface area contributed by atoms with Crippen LogP contribution in [0.15, 0.2) is 28.7 Å². The van der Waals surface area contributed by atoms with Gasteiger partial charge in [0, 0.05) is 24.2 Å². The molecule has 8 heteroatoms. The van der Waals surface area contributed by atoms with Gasteiger partial charge in [-0.15, -0.1) is 10.2 Å². The van der Waals surface area contributed by atoms with E-state index in [4.69, 9.17) is 4.42 Å². The average molecular weight is 306 g/mol. The summed E-state index contributed by atoms with van der Waals surface area (Å²) < 4.78 is 5.54. The number of nitro groups is 1. The van der Waals surface area contributed by atoms with Gasteiger partial charge in [0.2, 0.25) is 11.8 Å². The molecular weight excluding hydrogens is 288 g/mol. The van der Waals surface area contributed by atoms with Crippen molar-refractivity contribution in [3.63, 3.8) is 0 Å². The number of non-ortho nitro benzene ring substituents is 1. The Bertz CT molecular complexity index is 646. The molecule has 2 rings (SSSR count). The quantitative estimate of drug-likeness (QED) is 0.641. The summed E-state index contributed by atoms with van der Waals surface area (Å²) in [6, 6.07) is 5.91. The van der Waals surface area contributed by atoms with Crippen molar-refractivity contribution >= 4 is 5.69 Å². The molecule has 0 bridgehead atoms. The van der Waals surface area contributed by atoms with E-state index in [0.717, 1.165) is 0 Å². The molecule has 118 valence electrons. The van der Waals surface area contributed by atoms with Crippen LogP contribution in [0.1, 0.15) is 19.7 Å². The van der Waals surface area contributed by atoms with E-state index >= 15 is 0 Å². The highest BCUT2D eigenvalue weighted by Crippen LogP contribution is 2.21. The van der Waals surface area contributed by atoms with Crippen LogP contribution in [0.4, 0.5) is 5.69 Å². The number of hydrogen-bond donors (Lipinski definition) is 1. The van der Waals surface area contributed by atoms with E-state index in [1.54, 1.807) is 26.0 Å². The number of rotatable bonds is 6. The van der Waals surface area contributed by atoms with Crippen LogP contribution in [0, 0.1) is 10.1 Å². The Hall–Kier alpha value is -2.32. The van der Waals surface area contributed by atoms with Gasteiger partial charge < -0.3 is 9.52 Å². The maximum absolute atomic E-state index is 10.6. The van der Waals surface area contributed by atoms with Gasteiger partial charge in [0.15, 0.2) is 0 Å². The molecule has 0 atom stereocenters. The normalized spacial score (nSPS) is 11.9. The number of hydrogen-bond acceptors (Lipinski definition) is 7. The lowest BCUT2D eigenvalue weighted by Crippen LogP contribution is -2.35. The Morgan fingerprint density at radius 1 is 1.32 bits per heavy atom. The van der Waals surface area contributed by atoms with Gasteiger partial charge in [0.25, 0.3) is 5.69 Å². The molecule has 0 saturated carbocycles. The third kappa shape index (κ3) is 4.34. The van der Waals surface area contributed by atoms with Crippen molar-refractivity contribution in [3.8, 4) is 11.5 Å². The van der Waals surface area contributed by atoms with Crippen molar-refractivity contribution in [3.05, 3.63) is 40.3 Å². The third-order valence-corrected chi connectivity index (χ3v) is 2.85. The summed E-state index contributed by atoms with van der Waals surface area (Å²) in [6.07, 6.45) is 0. The minimum Gasteiger partial charge on any atom is -0.419 e. The molecule has 0 aliphatic rings. The van der Waals surface area contributed by atoms with Crippen molar-refractivity contribution in [2.45, 2.75) is 26.0 Å². The molecule has 0 unspecified atom stereocenters. The molecule has 1 N–H and O–H groups in total. The van der Waals surface area contributed by atoms with Gasteiger partial charge in [-0.3, -0.25) is 15.0 Å². The van der Waals surface area contributed by atoms with Crippen LogP contribution < -0.4 is 0 Å². The van der Waals surface area contributed by atoms with E-state index in [9.17, 15) is 15.2 Å². The van der Waals surface area contributed by atoms with Crippen LogP contribution in [0.3, 0.4) is 0 Å². The second-order valence-corrected chi connectivity index (χ2v) is 5.79. The Morgan fingerprint density at radius 3 is 2.50 bits per heavy atom. The van der Waals surface area contributed by atoms with Crippen molar-refractivity contribution < 1.29 is 14.4 Å². The Labute approximate surface area is 127 Å². The van der Waals surface area contributed by atoms with E-state index in [1.165, 1.54) is 12.1 Å². The highest BCUT2D eigenvalue weighted by Gasteiger charge is 2.18. The zero-order chi connectivity index (χ0) is 16.3. The van der Waals surface area contributed by atoms with Crippen molar-refractivity contribution in [1.82, 2.24) is 15.1 Å². The van der Waals surface area contributed by atoms with Gasteiger partial charge in [-0.2, -0.15) is 0 Å². The van der Waals surface area contributed by atoms with Gasteiger partial charge in [-0.1, -0.05) is 0 Å². The highest BCUT2D eigenvalue weighted by molar-refractivity contribution is 5.55. The molecule has 0 fully saturated rings. The van der Waals surface area contributed by atoms with Crippen LogP contribution in [-0.4, -0.2) is 44.3 Å². The van der Waals surface area contributed by atoms with Gasteiger partial charge in [-0.25, -0.2) is 0 Å². The van der Waals surface area contributed by atoms with E-state index in [1.807, 2.05) is 11.9 Å². The summed E-state index contributed by atoms with van der Waals surface area (Å²) in [5, 5.41) is 28.3. The smallest absolute Gasteiger partial charge is 0.269 e. The number of nitro benzene ring substituents is 1. The van der Waals surface area contributed by atoms with Crippen LogP contribution in [0.5, 0.6) is 0 Å². The lowest BCUT2D eigenvalue weighted by atomic mass is 10.1. The van der Waals surface area contributed by atoms with E-state index < -0.39 is 10.5 Å². The number of aromatic nitrogens is 2. The van der Waals surface area contributed by atoms with Gasteiger partial charge >= 0.3 is 0 Å². The van der Waals surface area contributed by atoms with E-state index in [2.05, 4.69) is 10.2 Å². The highest BCUT2D eigenvalue weighted by atomic mass is 16.6. The third-order valence-electron chi connectivity index (χ3n) is 2.85. The predicted octanol–water partition coefficient (Wildman–Crippen LogP) is 1.85. The minimum absolute atomic E-state index is 0.00778. The first-order valence-electron chi connectivity index (χ1n) is 6.73. The summed E-state index contributed by atoms with van der Waals surface area (Å²) in [4.78, 5) is 12.0. The maximum Gasteiger partial charge on any atom is 0.269 e. The predicted molar refractivity (Wildman–Crippen MR) is 79.0 cm³/mol. The monoisotopic (exact) mass is 306 g/mol. The van der Waals surface area contributed by atoms with E-state index in [0.29, 0.717) is 30.4 Å². The first-order valence-corrected chi connectivity index (χ1v) is 6.73. The fraction of sp³-hybridized carbons (Fsp3) is 0.429. The molecule has 8 nitrogen and oxygen atoms in total. The second-order valence-electron chi connectivity index (χ2n) is 5.79. The Kier molecular flexibility index (Phi) is 4.53. The van der Waals surface area contributed by atoms with Crippen LogP contribution in [0.2, 0.25) is 0 Å². The molecule has 0 saturated heterocycles. The van der Waals surface area contributed by atoms with Crippen molar-refractivity contribution in [2.75, 3.05) is 13.6 Å². The van der Waals surface area contributed by atoms with Gasteiger partial charge in [-0.05, 0) is 33.0 Å². The topological polar surface area (TPSA) is 106 Å². The van der Waals surface area contributed by atoms with Crippen LogP contribution in [-0.2, 0) is 6.54 Å².